The first-order chi connectivity index (χ1) is 31.2. The summed E-state index contributed by atoms with van der Waals surface area (Å²) < 4.78 is 0. The normalized spacial score (nSPS) is 15.5. The van der Waals surface area contributed by atoms with Crippen LogP contribution in [0, 0.1) is 12.1 Å². The molecule has 0 unspecified atom stereocenters. The Morgan fingerprint density at radius 1 is 0.460 bits per heavy atom. The number of para-hydroxylation sites is 3. The SMILES string of the molecule is c1ccc2c(c#1)N(c1ccc3c(c1)C1(Cc4ccccc4C1)c1cc(/C=C/c4ccc5c(c4)CCC(N4c6ccccc6C=Cc6ccccc64)=C5)ccc1-3)c1ccccc1C=C2. The van der Waals surface area contributed by atoms with Crippen LogP contribution in [0.5, 0.6) is 0 Å². The molecule has 0 atom stereocenters. The molecule has 0 bridgehead atoms. The second kappa shape index (κ2) is 14.1. The number of fused-ring (bicyclic) bond motifs is 11. The molecule has 1 spiro atoms. The Hall–Kier alpha value is -7.86. The van der Waals surface area contributed by atoms with Crippen LogP contribution in [0.15, 0.2) is 169 Å². The first-order valence-corrected chi connectivity index (χ1v) is 22.2. The van der Waals surface area contributed by atoms with Gasteiger partial charge in [0.1, 0.15) is 5.69 Å². The van der Waals surface area contributed by atoms with Crippen LogP contribution >= 0.6 is 0 Å². The van der Waals surface area contributed by atoms with E-state index in [1.54, 1.807) is 0 Å². The summed E-state index contributed by atoms with van der Waals surface area (Å²) in [7, 11) is 0. The van der Waals surface area contributed by atoms with Crippen molar-refractivity contribution in [2.75, 3.05) is 9.80 Å². The van der Waals surface area contributed by atoms with Crippen LogP contribution in [-0.4, -0.2) is 0 Å². The zero-order valence-corrected chi connectivity index (χ0v) is 34.9. The molecule has 8 aromatic carbocycles. The Kier molecular flexibility index (Phi) is 8.02. The Morgan fingerprint density at radius 3 is 1.73 bits per heavy atom. The molecule has 0 N–H and O–H groups in total. The largest absolute Gasteiger partial charge is 0.313 e. The molecular formula is C61H42N2. The van der Waals surface area contributed by atoms with Gasteiger partial charge in [-0.3, -0.25) is 0 Å². The molecule has 0 radical (unpaired) electrons. The number of benzene rings is 7. The average Bonchev–Trinajstić information content (AvgIpc) is 3.71. The molecule has 0 saturated carbocycles. The molecular weight excluding hydrogens is 761 g/mol. The monoisotopic (exact) mass is 802 g/mol. The number of rotatable bonds is 4. The van der Waals surface area contributed by atoms with Crippen molar-refractivity contribution in [1.29, 1.82) is 0 Å². The smallest absolute Gasteiger partial charge is 0.105 e. The Morgan fingerprint density at radius 2 is 1.03 bits per heavy atom. The fourth-order valence-electron chi connectivity index (χ4n) is 11.1. The molecule has 2 nitrogen and oxygen atoms in total. The maximum absolute atomic E-state index is 3.49. The van der Waals surface area contributed by atoms with Gasteiger partial charge in [-0.1, -0.05) is 164 Å². The second-order valence-electron chi connectivity index (χ2n) is 17.6. The van der Waals surface area contributed by atoms with Crippen molar-refractivity contribution >= 4 is 71.0 Å². The van der Waals surface area contributed by atoms with Crippen molar-refractivity contribution in [1.82, 2.24) is 0 Å². The third-order valence-corrected chi connectivity index (χ3v) is 14.1. The number of anilines is 5. The third kappa shape index (κ3) is 5.74. The second-order valence-corrected chi connectivity index (χ2v) is 17.6. The van der Waals surface area contributed by atoms with Gasteiger partial charge >= 0.3 is 0 Å². The van der Waals surface area contributed by atoms with Crippen molar-refractivity contribution in [2.45, 2.75) is 31.1 Å². The fourth-order valence-corrected chi connectivity index (χ4v) is 11.1. The average molecular weight is 803 g/mol. The molecule has 63 heavy (non-hydrogen) atoms. The molecule has 0 amide bonds. The lowest BCUT2D eigenvalue weighted by atomic mass is 9.75. The lowest BCUT2D eigenvalue weighted by Crippen LogP contribution is -2.26. The van der Waals surface area contributed by atoms with E-state index < -0.39 is 0 Å². The minimum absolute atomic E-state index is 0.159. The third-order valence-electron chi connectivity index (χ3n) is 14.1. The predicted molar refractivity (Wildman–Crippen MR) is 263 cm³/mol. The molecule has 2 aliphatic heterocycles. The van der Waals surface area contributed by atoms with Crippen LogP contribution in [0.1, 0.15) is 73.2 Å². The van der Waals surface area contributed by atoms with Crippen molar-refractivity contribution in [2.24, 2.45) is 0 Å². The van der Waals surface area contributed by atoms with Crippen molar-refractivity contribution in [3.8, 4) is 11.1 Å². The molecule has 8 aromatic rings. The maximum atomic E-state index is 3.49. The van der Waals surface area contributed by atoms with E-state index in [4.69, 9.17) is 0 Å². The highest BCUT2D eigenvalue weighted by Gasteiger charge is 2.47. The number of hydrogen-bond donors (Lipinski definition) is 0. The van der Waals surface area contributed by atoms with Crippen molar-refractivity contribution < 1.29 is 0 Å². The van der Waals surface area contributed by atoms with Gasteiger partial charge < -0.3 is 9.80 Å². The molecule has 5 aliphatic rings. The van der Waals surface area contributed by atoms with Gasteiger partial charge in [0, 0.05) is 22.4 Å². The van der Waals surface area contributed by atoms with E-state index in [9.17, 15) is 0 Å². The fraction of sp³-hybridized carbons (Fsp3) is 0.0820. The van der Waals surface area contributed by atoms with Gasteiger partial charge in [-0.05, 0) is 153 Å². The molecule has 3 aliphatic carbocycles. The van der Waals surface area contributed by atoms with E-state index in [0.717, 1.165) is 48.3 Å². The summed E-state index contributed by atoms with van der Waals surface area (Å²) in [4.78, 5) is 4.86. The van der Waals surface area contributed by atoms with Crippen molar-refractivity contribution in [3.63, 3.8) is 0 Å². The quantitative estimate of drug-likeness (QED) is 0.164. The van der Waals surface area contributed by atoms with Crippen LogP contribution in [-0.2, 0) is 24.7 Å². The zero-order valence-electron chi connectivity index (χ0n) is 34.9. The molecule has 0 aromatic heterocycles. The highest BCUT2D eigenvalue weighted by atomic mass is 15.2. The summed E-state index contributed by atoms with van der Waals surface area (Å²) in [6.45, 7) is 0. The van der Waals surface area contributed by atoms with Gasteiger partial charge in [0.25, 0.3) is 0 Å². The Balaban J connectivity index is 0.851. The van der Waals surface area contributed by atoms with E-state index in [2.05, 4.69) is 222 Å². The molecule has 13 rings (SSSR count). The number of allylic oxidation sites excluding steroid dienone is 1. The molecule has 0 fully saturated rings. The van der Waals surface area contributed by atoms with Gasteiger partial charge in [-0.15, -0.1) is 0 Å². The van der Waals surface area contributed by atoms with Gasteiger partial charge in [0.2, 0.25) is 0 Å². The number of aryl methyl sites for hydroxylation is 1. The summed E-state index contributed by atoms with van der Waals surface area (Å²) >= 11 is 0. The zero-order chi connectivity index (χ0) is 41.5. The van der Waals surface area contributed by atoms with E-state index >= 15 is 0 Å². The van der Waals surface area contributed by atoms with Gasteiger partial charge in [0.15, 0.2) is 0 Å². The van der Waals surface area contributed by atoms with E-state index in [0.29, 0.717) is 0 Å². The van der Waals surface area contributed by atoms with Crippen LogP contribution in [0.4, 0.5) is 28.4 Å². The van der Waals surface area contributed by atoms with Crippen LogP contribution < -0.4 is 9.80 Å². The van der Waals surface area contributed by atoms with Crippen LogP contribution in [0.3, 0.4) is 0 Å². The standard InChI is InChI=1S/C61H42N2/c1-2-16-50-40-61(39-49(50)15-1)55-36-42(24-33-53(55)54-34-32-52(38-56(54)61)63-59-19-9-5-13-45(59)28-29-46-14-6-10-20-60(46)63)22-21-41-23-25-48-37-51(31-30-47(48)35-41)62-57-17-7-3-11-43(57)26-27-44-12-4-8-18-58(44)62/h1-9,11-19,21-29,32-38H,30-31,39-40H2/b22-21+. The minimum Gasteiger partial charge on any atom is -0.313 e. The van der Waals surface area contributed by atoms with E-state index in [-0.39, 0.29) is 5.41 Å². The van der Waals surface area contributed by atoms with E-state index in [1.807, 2.05) is 6.07 Å². The molecule has 296 valence electrons. The van der Waals surface area contributed by atoms with E-state index in [1.165, 1.54) is 89.4 Å². The van der Waals surface area contributed by atoms with Gasteiger partial charge in [-0.2, -0.15) is 0 Å². The van der Waals surface area contributed by atoms with Gasteiger partial charge in [0.05, 0.1) is 17.1 Å². The first kappa shape index (κ1) is 35.9. The molecule has 2 heterocycles. The Bertz CT molecular complexity index is 3200. The summed E-state index contributed by atoms with van der Waals surface area (Å²) in [6, 6.07) is 67.4. The lowest BCUT2D eigenvalue weighted by Gasteiger charge is -2.31. The first-order valence-electron chi connectivity index (χ1n) is 22.2. The van der Waals surface area contributed by atoms with Gasteiger partial charge in [-0.25, -0.2) is 0 Å². The van der Waals surface area contributed by atoms with Crippen LogP contribution in [0.2, 0.25) is 0 Å². The summed E-state index contributed by atoms with van der Waals surface area (Å²) in [5.41, 5.74) is 25.4. The highest BCUT2D eigenvalue weighted by Crippen LogP contribution is 2.57. The summed E-state index contributed by atoms with van der Waals surface area (Å²) in [5, 5.41) is 0. The number of nitrogens with zero attached hydrogens (tertiary/aromatic N) is 2. The van der Waals surface area contributed by atoms with Crippen LogP contribution in [0.25, 0.3) is 53.7 Å². The summed E-state index contributed by atoms with van der Waals surface area (Å²) in [5.74, 6) is 0. The topological polar surface area (TPSA) is 6.48 Å². The molecule has 2 heteroatoms. The minimum atomic E-state index is -0.159. The number of hydrogen-bond acceptors (Lipinski definition) is 2. The Labute approximate surface area is 369 Å². The maximum Gasteiger partial charge on any atom is 0.105 e. The predicted octanol–water partition coefficient (Wildman–Crippen LogP) is 15.1. The lowest BCUT2D eigenvalue weighted by molar-refractivity contribution is 0.563. The molecule has 0 saturated heterocycles. The van der Waals surface area contributed by atoms with Crippen molar-refractivity contribution in [3.05, 3.63) is 248 Å². The highest BCUT2D eigenvalue weighted by molar-refractivity contribution is 5.95. The summed E-state index contributed by atoms with van der Waals surface area (Å²) in [6.07, 6.45) is 19.9.